The van der Waals surface area contributed by atoms with Gasteiger partial charge in [-0.3, -0.25) is 19.7 Å². The predicted octanol–water partition coefficient (Wildman–Crippen LogP) is 6.00. The lowest BCUT2D eigenvalue weighted by Gasteiger charge is -2.13. The SMILES string of the molecule is CCOc1ccc(/C(C)=N\N2C(=O)[C@H](CC(=O)Nc3ccc(OC)cc3[N+](=O)[O-])SC2=Nc2cccc(C)c2C)cc1. The summed E-state index contributed by atoms with van der Waals surface area (Å²) in [6.45, 7) is 8.16. The van der Waals surface area contributed by atoms with Crippen LogP contribution < -0.4 is 14.8 Å². The maximum absolute atomic E-state index is 13.6. The van der Waals surface area contributed by atoms with Crippen LogP contribution in [0.25, 0.3) is 0 Å². The van der Waals surface area contributed by atoms with E-state index in [4.69, 9.17) is 14.5 Å². The maximum atomic E-state index is 13.6. The van der Waals surface area contributed by atoms with E-state index in [2.05, 4.69) is 10.4 Å². The Kier molecular flexibility index (Phi) is 9.58. The lowest BCUT2D eigenvalue weighted by Crippen LogP contribution is -2.30. The molecule has 1 fully saturated rings. The van der Waals surface area contributed by atoms with Crippen LogP contribution in [0.3, 0.4) is 0 Å². The summed E-state index contributed by atoms with van der Waals surface area (Å²) in [5.74, 6) is 0.0233. The first kappa shape index (κ1) is 30.3. The fraction of sp³-hybridized carbons (Fsp3) is 0.267. The molecule has 1 N–H and O–H groups in total. The number of nitrogens with one attached hydrogen (secondary N) is 1. The summed E-state index contributed by atoms with van der Waals surface area (Å²) >= 11 is 1.12. The van der Waals surface area contributed by atoms with Crippen molar-refractivity contribution in [2.45, 2.75) is 39.4 Å². The van der Waals surface area contributed by atoms with Gasteiger partial charge in [0.1, 0.15) is 22.4 Å². The largest absolute Gasteiger partial charge is 0.496 e. The third-order valence-electron chi connectivity index (χ3n) is 6.58. The number of carbonyl (C=O) groups is 2. The van der Waals surface area contributed by atoms with Gasteiger partial charge in [-0.2, -0.15) is 10.1 Å². The number of aryl methyl sites for hydroxylation is 1. The molecule has 2 amide bonds. The number of methoxy groups -OCH3 is 1. The molecule has 0 bridgehead atoms. The van der Waals surface area contributed by atoms with Crippen molar-refractivity contribution < 1.29 is 24.0 Å². The topological polar surface area (TPSA) is 136 Å². The quantitative estimate of drug-likeness (QED) is 0.174. The Hall–Kier alpha value is -4.71. The van der Waals surface area contributed by atoms with E-state index in [9.17, 15) is 19.7 Å². The van der Waals surface area contributed by atoms with Gasteiger partial charge in [-0.1, -0.05) is 23.9 Å². The van der Waals surface area contributed by atoms with Crippen molar-refractivity contribution in [3.8, 4) is 11.5 Å². The third-order valence-corrected chi connectivity index (χ3v) is 7.71. The number of thioether (sulfide) groups is 1. The smallest absolute Gasteiger partial charge is 0.296 e. The van der Waals surface area contributed by atoms with Gasteiger partial charge in [0.25, 0.3) is 11.6 Å². The van der Waals surface area contributed by atoms with Gasteiger partial charge in [-0.25, -0.2) is 4.99 Å². The summed E-state index contributed by atoms with van der Waals surface area (Å²) in [6.07, 6.45) is -0.243. The molecule has 0 saturated carbocycles. The van der Waals surface area contributed by atoms with Crippen molar-refractivity contribution >= 4 is 51.5 Å². The first-order valence-electron chi connectivity index (χ1n) is 13.2. The number of rotatable bonds is 10. The minimum atomic E-state index is -0.844. The molecule has 11 nitrogen and oxygen atoms in total. The van der Waals surface area contributed by atoms with E-state index in [1.807, 2.05) is 63.2 Å². The van der Waals surface area contributed by atoms with E-state index in [1.54, 1.807) is 6.92 Å². The molecule has 0 aliphatic carbocycles. The van der Waals surface area contributed by atoms with Crippen molar-refractivity contribution in [2.75, 3.05) is 19.0 Å². The number of benzene rings is 3. The molecule has 3 aromatic carbocycles. The van der Waals surface area contributed by atoms with E-state index < -0.39 is 22.0 Å². The number of carbonyl (C=O) groups excluding carboxylic acids is 2. The molecule has 4 rings (SSSR count). The Bertz CT molecular complexity index is 1570. The number of amides is 2. The highest BCUT2D eigenvalue weighted by atomic mass is 32.2. The molecule has 3 aromatic rings. The lowest BCUT2D eigenvalue weighted by molar-refractivity contribution is -0.384. The van der Waals surface area contributed by atoms with Gasteiger partial charge in [0.05, 0.1) is 36.1 Å². The summed E-state index contributed by atoms with van der Waals surface area (Å²) in [6, 6.07) is 17.2. The highest BCUT2D eigenvalue weighted by Crippen LogP contribution is 2.35. The number of hydrogen-bond acceptors (Lipinski definition) is 9. The number of nitro groups is 1. The van der Waals surface area contributed by atoms with E-state index in [0.29, 0.717) is 23.2 Å². The average Bonchev–Trinajstić information content (AvgIpc) is 3.24. The van der Waals surface area contributed by atoms with Gasteiger partial charge in [0.15, 0.2) is 5.17 Å². The van der Waals surface area contributed by atoms with Gasteiger partial charge < -0.3 is 14.8 Å². The van der Waals surface area contributed by atoms with Crippen molar-refractivity contribution in [3.63, 3.8) is 0 Å². The second-order valence-corrected chi connectivity index (χ2v) is 10.6. The highest BCUT2D eigenvalue weighted by Gasteiger charge is 2.40. The van der Waals surface area contributed by atoms with Crippen molar-refractivity contribution in [2.24, 2.45) is 10.1 Å². The van der Waals surface area contributed by atoms with Crippen LogP contribution in [-0.2, 0) is 9.59 Å². The first-order chi connectivity index (χ1) is 20.1. The third kappa shape index (κ3) is 6.95. The van der Waals surface area contributed by atoms with Crippen LogP contribution >= 0.6 is 11.8 Å². The second-order valence-electron chi connectivity index (χ2n) is 9.41. The van der Waals surface area contributed by atoms with Crippen LogP contribution in [0.5, 0.6) is 11.5 Å². The summed E-state index contributed by atoms with van der Waals surface area (Å²) in [5, 5.41) is 19.4. The lowest BCUT2D eigenvalue weighted by atomic mass is 10.1. The number of nitro benzene ring substituents is 1. The Morgan fingerprint density at radius 3 is 2.50 bits per heavy atom. The van der Waals surface area contributed by atoms with Crippen LogP contribution in [0.2, 0.25) is 0 Å². The van der Waals surface area contributed by atoms with E-state index >= 15 is 0 Å². The summed E-state index contributed by atoms with van der Waals surface area (Å²) in [7, 11) is 1.39. The normalized spacial score (nSPS) is 16.1. The van der Waals surface area contributed by atoms with Gasteiger partial charge in [-0.15, -0.1) is 0 Å². The Balaban J connectivity index is 1.62. The molecule has 0 spiro atoms. The predicted molar refractivity (Wildman–Crippen MR) is 164 cm³/mol. The average molecular weight is 590 g/mol. The molecule has 12 heteroatoms. The van der Waals surface area contributed by atoms with Crippen molar-refractivity contribution in [1.29, 1.82) is 0 Å². The molecule has 0 radical (unpaired) electrons. The van der Waals surface area contributed by atoms with Crippen LogP contribution in [0.1, 0.15) is 37.0 Å². The number of ether oxygens (including phenoxy) is 2. The minimum absolute atomic E-state index is 0.00624. The Morgan fingerprint density at radius 2 is 1.83 bits per heavy atom. The molecule has 0 unspecified atom stereocenters. The van der Waals surface area contributed by atoms with E-state index in [-0.39, 0.29) is 23.5 Å². The number of amidine groups is 1. The second kappa shape index (κ2) is 13.3. The molecular weight excluding hydrogens is 558 g/mol. The zero-order valence-corrected chi connectivity index (χ0v) is 24.7. The molecule has 1 atom stereocenters. The van der Waals surface area contributed by atoms with Crippen molar-refractivity contribution in [1.82, 2.24) is 5.01 Å². The van der Waals surface area contributed by atoms with Crippen LogP contribution in [0.4, 0.5) is 17.1 Å². The number of aliphatic imine (C=N–C) groups is 1. The fourth-order valence-electron chi connectivity index (χ4n) is 4.14. The summed E-state index contributed by atoms with van der Waals surface area (Å²) < 4.78 is 10.6. The molecule has 1 aliphatic heterocycles. The van der Waals surface area contributed by atoms with Crippen LogP contribution in [-0.4, -0.2) is 51.6 Å². The van der Waals surface area contributed by atoms with Gasteiger partial charge in [-0.05, 0) is 86.8 Å². The number of hydrazone groups is 1. The molecule has 1 aliphatic rings. The summed E-state index contributed by atoms with van der Waals surface area (Å²) in [5.41, 5.74) is 3.73. The Labute approximate surface area is 247 Å². The molecule has 218 valence electrons. The standard InChI is InChI=1S/C30H31N5O6S/c1-6-41-22-12-10-21(11-13-22)20(4)33-34-29(37)27(42-30(34)32-24-9-7-8-18(2)19(24)3)17-28(36)31-25-15-14-23(40-5)16-26(25)35(38)39/h7-16,27H,6,17H2,1-5H3,(H,31,36)/b32-30?,33-20-/t27-/m0/s1. The van der Waals surface area contributed by atoms with Gasteiger partial charge in [0, 0.05) is 6.42 Å². The van der Waals surface area contributed by atoms with Crippen LogP contribution in [0, 0.1) is 24.0 Å². The van der Waals surface area contributed by atoms with Gasteiger partial charge >= 0.3 is 0 Å². The zero-order chi connectivity index (χ0) is 30.4. The van der Waals surface area contributed by atoms with Crippen LogP contribution in [0.15, 0.2) is 70.8 Å². The minimum Gasteiger partial charge on any atom is -0.496 e. The van der Waals surface area contributed by atoms with E-state index in [1.165, 1.54) is 30.3 Å². The van der Waals surface area contributed by atoms with Crippen molar-refractivity contribution in [3.05, 3.63) is 87.5 Å². The number of nitrogens with zero attached hydrogens (tertiary/aromatic N) is 4. The van der Waals surface area contributed by atoms with Gasteiger partial charge in [0.2, 0.25) is 5.91 Å². The zero-order valence-electron chi connectivity index (χ0n) is 23.9. The number of anilines is 1. The first-order valence-corrected chi connectivity index (χ1v) is 14.1. The fourth-order valence-corrected chi connectivity index (χ4v) is 5.22. The number of hydrogen-bond donors (Lipinski definition) is 1. The molecular formula is C30H31N5O6S. The molecule has 0 aromatic heterocycles. The Morgan fingerprint density at radius 1 is 1.12 bits per heavy atom. The van der Waals surface area contributed by atoms with E-state index in [0.717, 1.165) is 34.2 Å². The maximum Gasteiger partial charge on any atom is 0.296 e. The molecule has 1 saturated heterocycles. The summed E-state index contributed by atoms with van der Waals surface area (Å²) in [4.78, 5) is 42.3. The molecule has 42 heavy (non-hydrogen) atoms. The molecule has 1 heterocycles. The highest BCUT2D eigenvalue weighted by molar-refractivity contribution is 8.15. The monoisotopic (exact) mass is 589 g/mol.